The fourth-order valence-corrected chi connectivity index (χ4v) is 2.56. The zero-order chi connectivity index (χ0) is 18.4. The maximum Gasteiger partial charge on any atom is 0.328 e. The van der Waals surface area contributed by atoms with E-state index in [2.05, 4.69) is 15.3 Å². The average molecular weight is 345 g/mol. The van der Waals surface area contributed by atoms with Gasteiger partial charge in [0.25, 0.3) is 5.56 Å². The molecule has 0 spiro atoms. The molecule has 2 N–H and O–H groups in total. The number of aromatic amines is 1. The van der Waals surface area contributed by atoms with Gasteiger partial charge < -0.3 is 15.0 Å². The molecule has 7 heteroatoms. The second kappa shape index (κ2) is 8.41. The standard InChI is InChI=1S/C18H23N3O4/c1-11(2)10-15(18(24)25-3)20-16(22)9-8-14-17(23)21-13-7-5-4-6-12(13)19-14/h4-7,11,15H,8-10H2,1-3H3,(H,20,22)(H,21,23). The summed E-state index contributed by atoms with van der Waals surface area (Å²) < 4.78 is 4.72. The van der Waals surface area contributed by atoms with E-state index in [0.717, 1.165) is 0 Å². The Morgan fingerprint density at radius 3 is 2.68 bits per heavy atom. The number of amides is 1. The van der Waals surface area contributed by atoms with E-state index < -0.39 is 12.0 Å². The van der Waals surface area contributed by atoms with Gasteiger partial charge in [-0.15, -0.1) is 0 Å². The number of esters is 1. The number of aryl methyl sites for hydroxylation is 1. The Morgan fingerprint density at radius 1 is 1.28 bits per heavy atom. The van der Waals surface area contributed by atoms with Gasteiger partial charge >= 0.3 is 5.97 Å². The maximum atomic E-state index is 12.1. The number of rotatable bonds is 7. The molecule has 0 bridgehead atoms. The Morgan fingerprint density at radius 2 is 2.00 bits per heavy atom. The summed E-state index contributed by atoms with van der Waals surface area (Å²) in [7, 11) is 1.29. The number of hydrogen-bond donors (Lipinski definition) is 2. The molecular weight excluding hydrogens is 322 g/mol. The molecule has 0 saturated heterocycles. The first-order valence-corrected chi connectivity index (χ1v) is 8.25. The van der Waals surface area contributed by atoms with Crippen LogP contribution in [0.25, 0.3) is 11.0 Å². The summed E-state index contributed by atoms with van der Waals surface area (Å²) in [6.07, 6.45) is 0.759. The van der Waals surface area contributed by atoms with Crippen molar-refractivity contribution in [3.8, 4) is 0 Å². The second-order valence-corrected chi connectivity index (χ2v) is 6.30. The van der Waals surface area contributed by atoms with E-state index in [9.17, 15) is 14.4 Å². The average Bonchev–Trinajstić information content (AvgIpc) is 2.58. The minimum atomic E-state index is -0.680. The molecule has 0 fully saturated rings. The minimum absolute atomic E-state index is 0.0695. The van der Waals surface area contributed by atoms with Gasteiger partial charge in [-0.1, -0.05) is 26.0 Å². The second-order valence-electron chi connectivity index (χ2n) is 6.30. The van der Waals surface area contributed by atoms with E-state index in [1.165, 1.54) is 7.11 Å². The largest absolute Gasteiger partial charge is 0.467 e. The third-order valence-corrected chi connectivity index (χ3v) is 3.79. The number of benzene rings is 1. The third kappa shape index (κ3) is 5.14. The monoisotopic (exact) mass is 345 g/mol. The molecule has 7 nitrogen and oxygen atoms in total. The number of aromatic nitrogens is 2. The molecule has 2 rings (SSSR count). The van der Waals surface area contributed by atoms with Crippen molar-refractivity contribution in [3.63, 3.8) is 0 Å². The first-order chi connectivity index (χ1) is 11.9. The van der Waals surface area contributed by atoms with Gasteiger partial charge in [-0.25, -0.2) is 9.78 Å². The molecule has 1 atom stereocenters. The van der Waals surface area contributed by atoms with E-state index in [-0.39, 0.29) is 30.2 Å². The van der Waals surface area contributed by atoms with Crippen molar-refractivity contribution in [3.05, 3.63) is 40.3 Å². The van der Waals surface area contributed by atoms with Gasteiger partial charge in [0.05, 0.1) is 18.1 Å². The van der Waals surface area contributed by atoms with Crippen LogP contribution in [0.3, 0.4) is 0 Å². The number of H-pyrrole nitrogens is 1. The van der Waals surface area contributed by atoms with Crippen LogP contribution in [0.1, 0.15) is 32.4 Å². The van der Waals surface area contributed by atoms with Gasteiger partial charge in [-0.3, -0.25) is 9.59 Å². The lowest BCUT2D eigenvalue weighted by Crippen LogP contribution is -2.42. The first-order valence-electron chi connectivity index (χ1n) is 8.25. The van der Waals surface area contributed by atoms with Gasteiger partial charge in [-0.05, 0) is 24.5 Å². The van der Waals surface area contributed by atoms with E-state index in [1.807, 2.05) is 26.0 Å². The number of para-hydroxylation sites is 2. The molecule has 134 valence electrons. The summed E-state index contributed by atoms with van der Waals surface area (Å²) in [5, 5.41) is 2.67. The normalized spacial score (nSPS) is 12.2. The molecule has 1 unspecified atom stereocenters. The van der Waals surface area contributed by atoms with E-state index in [4.69, 9.17) is 4.74 Å². The molecule has 0 radical (unpaired) electrons. The number of carbonyl (C=O) groups excluding carboxylic acids is 2. The molecule has 0 aliphatic rings. The summed E-state index contributed by atoms with van der Waals surface area (Å²) in [6.45, 7) is 3.92. The fraction of sp³-hybridized carbons (Fsp3) is 0.444. The number of ether oxygens (including phenoxy) is 1. The summed E-state index contributed by atoms with van der Waals surface area (Å²) in [5.74, 6) is -0.552. The van der Waals surface area contributed by atoms with Crippen molar-refractivity contribution in [2.75, 3.05) is 7.11 Å². The maximum absolute atomic E-state index is 12.1. The lowest BCUT2D eigenvalue weighted by Gasteiger charge is -2.18. The number of nitrogens with one attached hydrogen (secondary N) is 2. The van der Waals surface area contributed by atoms with Crippen LogP contribution in [0, 0.1) is 5.92 Å². The van der Waals surface area contributed by atoms with Crippen LogP contribution in [0.2, 0.25) is 0 Å². The number of nitrogens with zero attached hydrogens (tertiary/aromatic N) is 1. The van der Waals surface area contributed by atoms with Gasteiger partial charge in [0.2, 0.25) is 5.91 Å². The Labute approximate surface area is 145 Å². The van der Waals surface area contributed by atoms with Crippen molar-refractivity contribution >= 4 is 22.9 Å². The van der Waals surface area contributed by atoms with Crippen molar-refractivity contribution < 1.29 is 14.3 Å². The quantitative estimate of drug-likeness (QED) is 0.742. The molecule has 1 amide bonds. The molecule has 2 aromatic rings. The number of methoxy groups -OCH3 is 1. The van der Waals surface area contributed by atoms with E-state index in [0.29, 0.717) is 23.1 Å². The van der Waals surface area contributed by atoms with Gasteiger partial charge in [0.15, 0.2) is 0 Å². The van der Waals surface area contributed by atoms with Crippen LogP contribution in [0.5, 0.6) is 0 Å². The van der Waals surface area contributed by atoms with Gasteiger partial charge in [0.1, 0.15) is 11.7 Å². The molecule has 1 aromatic heterocycles. The van der Waals surface area contributed by atoms with Crippen molar-refractivity contribution in [1.29, 1.82) is 0 Å². The topological polar surface area (TPSA) is 101 Å². The minimum Gasteiger partial charge on any atom is -0.467 e. The Balaban J connectivity index is 2.02. The molecular formula is C18H23N3O4. The SMILES string of the molecule is COC(=O)C(CC(C)C)NC(=O)CCc1nc2ccccc2[nH]c1=O. The molecule has 0 saturated carbocycles. The number of fused-ring (bicyclic) bond motifs is 1. The highest BCUT2D eigenvalue weighted by atomic mass is 16.5. The summed E-state index contributed by atoms with van der Waals surface area (Å²) in [5.41, 5.74) is 1.32. The summed E-state index contributed by atoms with van der Waals surface area (Å²) >= 11 is 0. The zero-order valence-corrected chi connectivity index (χ0v) is 14.7. The van der Waals surface area contributed by atoms with Crippen LogP contribution >= 0.6 is 0 Å². The molecule has 0 aliphatic heterocycles. The highest BCUT2D eigenvalue weighted by Crippen LogP contribution is 2.08. The summed E-state index contributed by atoms with van der Waals surface area (Å²) in [4.78, 5) is 43.0. The smallest absolute Gasteiger partial charge is 0.328 e. The Bertz CT molecular complexity index is 813. The van der Waals surface area contributed by atoms with Gasteiger partial charge in [0, 0.05) is 12.8 Å². The highest BCUT2D eigenvalue weighted by molar-refractivity contribution is 5.84. The van der Waals surface area contributed by atoms with E-state index >= 15 is 0 Å². The predicted molar refractivity (Wildman–Crippen MR) is 94.1 cm³/mol. The van der Waals surface area contributed by atoms with Crippen LogP contribution in [-0.4, -0.2) is 35.0 Å². The Kier molecular flexibility index (Phi) is 6.27. The van der Waals surface area contributed by atoms with Crippen molar-refractivity contribution in [1.82, 2.24) is 15.3 Å². The molecule has 1 heterocycles. The lowest BCUT2D eigenvalue weighted by atomic mass is 10.0. The van der Waals surface area contributed by atoms with Gasteiger partial charge in [-0.2, -0.15) is 0 Å². The van der Waals surface area contributed by atoms with Crippen molar-refractivity contribution in [2.24, 2.45) is 5.92 Å². The van der Waals surface area contributed by atoms with Crippen LogP contribution in [-0.2, 0) is 20.7 Å². The number of carbonyl (C=O) groups is 2. The first kappa shape index (κ1) is 18.6. The summed E-state index contributed by atoms with van der Waals surface area (Å²) in [6, 6.07) is 6.53. The Hall–Kier alpha value is -2.70. The lowest BCUT2D eigenvalue weighted by molar-refractivity contribution is -0.145. The van der Waals surface area contributed by atoms with Crippen LogP contribution in [0.4, 0.5) is 0 Å². The zero-order valence-electron chi connectivity index (χ0n) is 14.7. The van der Waals surface area contributed by atoms with Crippen molar-refractivity contribution in [2.45, 2.75) is 39.2 Å². The van der Waals surface area contributed by atoms with E-state index in [1.54, 1.807) is 12.1 Å². The van der Waals surface area contributed by atoms with Crippen LogP contribution < -0.4 is 10.9 Å². The fourth-order valence-electron chi connectivity index (χ4n) is 2.56. The predicted octanol–water partition coefficient (Wildman–Crippen LogP) is 1.56. The molecule has 0 aliphatic carbocycles. The third-order valence-electron chi connectivity index (χ3n) is 3.79. The number of hydrogen-bond acceptors (Lipinski definition) is 5. The molecule has 25 heavy (non-hydrogen) atoms. The van der Waals surface area contributed by atoms with Crippen LogP contribution in [0.15, 0.2) is 29.1 Å². The molecule has 1 aromatic carbocycles. The highest BCUT2D eigenvalue weighted by Gasteiger charge is 2.22.